The first-order chi connectivity index (χ1) is 8.99. The molecule has 19 heavy (non-hydrogen) atoms. The van der Waals surface area contributed by atoms with E-state index in [1.807, 2.05) is 0 Å². The van der Waals surface area contributed by atoms with E-state index >= 15 is 0 Å². The van der Waals surface area contributed by atoms with Gasteiger partial charge in [0.25, 0.3) is 0 Å². The Bertz CT molecular complexity index is 595. The molecule has 1 aromatic rings. The van der Waals surface area contributed by atoms with Gasteiger partial charge in [0, 0.05) is 6.54 Å². The molecule has 0 atom stereocenters. The Morgan fingerprint density at radius 1 is 1.32 bits per heavy atom. The van der Waals surface area contributed by atoms with E-state index in [9.17, 15) is 0 Å². The van der Waals surface area contributed by atoms with Crippen LogP contribution in [0.15, 0.2) is 14.8 Å². The highest BCUT2D eigenvalue weighted by atomic mass is 35.5. The van der Waals surface area contributed by atoms with Gasteiger partial charge in [-0.3, -0.25) is 0 Å². The van der Waals surface area contributed by atoms with E-state index in [0.717, 1.165) is 17.9 Å². The first-order valence-electron chi connectivity index (χ1n) is 5.64. The molecule has 0 saturated heterocycles. The summed E-state index contributed by atoms with van der Waals surface area (Å²) in [6.07, 6.45) is 0. The largest absolute Gasteiger partial charge is 0.362 e. The number of fused-ring (bicyclic) bond motifs is 1. The van der Waals surface area contributed by atoms with E-state index in [1.165, 1.54) is 0 Å². The second-order valence-corrected chi connectivity index (χ2v) is 6.16. The van der Waals surface area contributed by atoms with Crippen LogP contribution in [0.25, 0.3) is 0 Å². The second kappa shape index (κ2) is 6.17. The minimum Gasteiger partial charge on any atom is -0.362 e. The number of rotatable bonds is 3. The van der Waals surface area contributed by atoms with Gasteiger partial charge in [0.2, 0.25) is 0 Å². The lowest BCUT2D eigenvalue weighted by Gasteiger charge is -2.15. The summed E-state index contributed by atoms with van der Waals surface area (Å²) in [6, 6.07) is 1.64. The fourth-order valence-corrected chi connectivity index (χ4v) is 2.79. The molecule has 1 heterocycles. The lowest BCUT2D eigenvalue weighted by atomic mass is 10.2. The Morgan fingerprint density at radius 3 is 2.68 bits per heavy atom. The first-order valence-corrected chi connectivity index (χ1v) is 7.53. The normalized spacial score (nSPS) is 12.3. The van der Waals surface area contributed by atoms with Crippen LogP contribution in [0.4, 0.5) is 17.1 Å². The number of anilines is 1. The van der Waals surface area contributed by atoms with Gasteiger partial charge in [-0.05, 0) is 24.2 Å². The van der Waals surface area contributed by atoms with Crippen LogP contribution in [0.3, 0.4) is 0 Å². The molecule has 1 aliphatic rings. The van der Waals surface area contributed by atoms with Crippen LogP contribution in [-0.4, -0.2) is 11.7 Å². The van der Waals surface area contributed by atoms with Crippen LogP contribution < -0.4 is 10.6 Å². The van der Waals surface area contributed by atoms with Crippen molar-refractivity contribution in [3.05, 3.63) is 16.1 Å². The molecule has 1 aromatic carbocycles. The summed E-state index contributed by atoms with van der Waals surface area (Å²) in [5, 5.41) is 7.63. The average molecular weight is 335 g/mol. The lowest BCUT2D eigenvalue weighted by Crippen LogP contribution is -2.31. The summed E-state index contributed by atoms with van der Waals surface area (Å²) in [6.45, 7) is 5.00. The van der Waals surface area contributed by atoms with Crippen molar-refractivity contribution in [1.29, 1.82) is 0 Å². The summed E-state index contributed by atoms with van der Waals surface area (Å²) >= 11 is 18.5. The smallest absolute Gasteiger partial charge is 0.170 e. The van der Waals surface area contributed by atoms with E-state index < -0.39 is 0 Å². The fourth-order valence-electron chi connectivity index (χ4n) is 1.45. The van der Waals surface area contributed by atoms with E-state index in [0.29, 0.717) is 38.1 Å². The summed E-state index contributed by atoms with van der Waals surface area (Å²) in [5.41, 5.74) is 1.90. The van der Waals surface area contributed by atoms with Crippen LogP contribution >= 0.6 is 35.4 Å². The molecule has 0 spiro atoms. The standard InChI is InChI=1S/C11H12Cl2N4S2/c1-5(2)4-14-11(18)15-8-6(12)3-7(13)9-10(8)17-19-16-9/h3,5H,4H2,1-2H3,(H2,14,15,18). The van der Waals surface area contributed by atoms with Crippen molar-refractivity contribution >= 4 is 68.9 Å². The van der Waals surface area contributed by atoms with Crippen LogP contribution in [0, 0.1) is 5.92 Å². The van der Waals surface area contributed by atoms with Gasteiger partial charge in [0.15, 0.2) is 5.11 Å². The Hall–Kier alpha value is -0.690. The van der Waals surface area contributed by atoms with E-state index in [2.05, 4.69) is 33.2 Å². The van der Waals surface area contributed by atoms with Gasteiger partial charge in [-0.1, -0.05) is 37.0 Å². The summed E-state index contributed by atoms with van der Waals surface area (Å²) in [5.74, 6) is 0.501. The quantitative estimate of drug-likeness (QED) is 0.802. The van der Waals surface area contributed by atoms with E-state index in [4.69, 9.17) is 35.4 Å². The molecular formula is C11H12Cl2N4S2. The van der Waals surface area contributed by atoms with Gasteiger partial charge in [-0.2, -0.15) is 8.73 Å². The van der Waals surface area contributed by atoms with Crippen LogP contribution in [0.1, 0.15) is 13.8 Å². The van der Waals surface area contributed by atoms with Crippen molar-refractivity contribution in [3.63, 3.8) is 0 Å². The van der Waals surface area contributed by atoms with Crippen molar-refractivity contribution in [2.24, 2.45) is 14.6 Å². The first kappa shape index (κ1) is 14.7. The third-order valence-corrected chi connectivity index (χ3v) is 3.71. The van der Waals surface area contributed by atoms with Gasteiger partial charge >= 0.3 is 0 Å². The molecule has 0 fully saturated rings. The molecule has 1 aliphatic heterocycles. The summed E-state index contributed by atoms with van der Waals surface area (Å²) < 4.78 is 8.34. The highest BCUT2D eigenvalue weighted by Gasteiger charge is 2.19. The van der Waals surface area contributed by atoms with Gasteiger partial charge in [-0.15, -0.1) is 0 Å². The zero-order chi connectivity index (χ0) is 14.0. The molecule has 0 radical (unpaired) electrons. The minimum absolute atomic E-state index is 0.471. The molecule has 0 unspecified atom stereocenters. The van der Waals surface area contributed by atoms with Crippen molar-refractivity contribution in [2.75, 3.05) is 11.9 Å². The second-order valence-electron chi connectivity index (χ2n) is 4.41. The van der Waals surface area contributed by atoms with Crippen LogP contribution in [-0.2, 0) is 11.4 Å². The number of halogens is 2. The summed E-state index contributed by atoms with van der Waals surface area (Å²) in [4.78, 5) is 0. The number of thiocarbonyl (C=S) groups is 1. The molecule has 0 bridgehead atoms. The molecule has 2 rings (SSSR count). The number of nitrogens with zero attached hydrogens (tertiary/aromatic N) is 2. The third kappa shape index (κ3) is 3.45. The predicted octanol–water partition coefficient (Wildman–Crippen LogP) is 4.66. The van der Waals surface area contributed by atoms with Crippen LogP contribution in [0.2, 0.25) is 10.0 Å². The summed E-state index contributed by atoms with van der Waals surface area (Å²) in [7, 11) is 0. The average Bonchev–Trinajstić information content (AvgIpc) is 2.81. The lowest BCUT2D eigenvalue weighted by molar-refractivity contribution is 0.627. The maximum atomic E-state index is 6.17. The van der Waals surface area contributed by atoms with Gasteiger partial charge in [0.05, 0.1) is 27.1 Å². The highest BCUT2D eigenvalue weighted by Crippen LogP contribution is 2.47. The Kier molecular flexibility index (Phi) is 4.78. The Labute approximate surface area is 130 Å². The zero-order valence-electron chi connectivity index (χ0n) is 10.3. The molecule has 0 aromatic heterocycles. The van der Waals surface area contributed by atoms with Crippen molar-refractivity contribution < 1.29 is 0 Å². The molecule has 2 N–H and O–H groups in total. The highest BCUT2D eigenvalue weighted by molar-refractivity contribution is 7.80. The minimum atomic E-state index is 0.471. The molecule has 8 heteroatoms. The number of hydrogen-bond donors (Lipinski definition) is 2. The van der Waals surface area contributed by atoms with Gasteiger partial charge < -0.3 is 10.6 Å². The van der Waals surface area contributed by atoms with Crippen LogP contribution in [0.5, 0.6) is 0 Å². The third-order valence-electron chi connectivity index (χ3n) is 2.35. The van der Waals surface area contributed by atoms with Gasteiger partial charge in [0.1, 0.15) is 11.4 Å². The Morgan fingerprint density at radius 2 is 2.00 bits per heavy atom. The maximum absolute atomic E-state index is 6.17. The SMILES string of the molecule is CC(C)CNC(=S)Nc1c(Cl)cc(Cl)c2c1N=S=N2. The van der Waals surface area contributed by atoms with Crippen molar-refractivity contribution in [3.8, 4) is 0 Å². The molecule has 4 nitrogen and oxygen atoms in total. The van der Waals surface area contributed by atoms with Crippen molar-refractivity contribution in [1.82, 2.24) is 5.32 Å². The number of nitrogens with one attached hydrogen (secondary N) is 2. The molecule has 0 amide bonds. The van der Waals surface area contributed by atoms with E-state index in [-0.39, 0.29) is 0 Å². The number of hydrogen-bond acceptors (Lipinski definition) is 3. The van der Waals surface area contributed by atoms with Crippen molar-refractivity contribution in [2.45, 2.75) is 13.8 Å². The molecular weight excluding hydrogens is 323 g/mol. The van der Waals surface area contributed by atoms with Gasteiger partial charge in [-0.25, -0.2) is 0 Å². The molecule has 0 aliphatic carbocycles. The topological polar surface area (TPSA) is 48.8 Å². The molecule has 0 saturated carbocycles. The fraction of sp³-hybridized carbons (Fsp3) is 0.364. The molecule has 102 valence electrons. The zero-order valence-corrected chi connectivity index (χ0v) is 13.5. The number of benzene rings is 1. The predicted molar refractivity (Wildman–Crippen MR) is 87.1 cm³/mol. The Balaban J connectivity index is 2.20. The maximum Gasteiger partial charge on any atom is 0.170 e. The van der Waals surface area contributed by atoms with E-state index in [1.54, 1.807) is 6.07 Å². The monoisotopic (exact) mass is 334 g/mol.